The van der Waals surface area contributed by atoms with Gasteiger partial charge in [0.05, 0.1) is 11.8 Å². The molecule has 0 aliphatic carbocycles. The van der Waals surface area contributed by atoms with Crippen LogP contribution in [0.2, 0.25) is 0 Å². The molecule has 0 atom stereocenters. The van der Waals surface area contributed by atoms with Crippen molar-refractivity contribution >= 4 is 24.3 Å². The van der Waals surface area contributed by atoms with Crippen molar-refractivity contribution in [1.29, 1.82) is 0 Å². The van der Waals surface area contributed by atoms with E-state index in [0.29, 0.717) is 5.56 Å². The minimum Gasteiger partial charge on any atom is -0.338 e. The molecule has 0 unspecified atom stereocenters. The standard InChI is InChI=1S/C11H9N5O2S/c17-9-8(5-13-11(19)15-9)6-14-16-10(18)7-1-3-12-4-2-7/h1-6H,(H,16,18)(H2,13,15,17,19)/b14-6-. The van der Waals surface area contributed by atoms with Gasteiger partial charge >= 0.3 is 0 Å². The average Bonchev–Trinajstić information content (AvgIpc) is 2.42. The van der Waals surface area contributed by atoms with E-state index in [-0.39, 0.29) is 21.8 Å². The monoisotopic (exact) mass is 275 g/mol. The number of carbonyl (C=O) groups excluding carboxylic acids is 1. The normalized spacial score (nSPS) is 10.5. The number of amides is 1. The second-order valence-corrected chi connectivity index (χ2v) is 3.87. The first-order valence-corrected chi connectivity index (χ1v) is 5.63. The van der Waals surface area contributed by atoms with Crippen LogP contribution in [0.5, 0.6) is 0 Å². The summed E-state index contributed by atoms with van der Waals surface area (Å²) in [4.78, 5) is 31.9. The first kappa shape index (κ1) is 12.8. The quantitative estimate of drug-likeness (QED) is 0.433. The number of aromatic amines is 2. The number of aromatic nitrogens is 3. The predicted octanol–water partition coefficient (Wildman–Crippen LogP) is 0.591. The Morgan fingerprint density at radius 1 is 1.42 bits per heavy atom. The molecule has 0 bridgehead atoms. The summed E-state index contributed by atoms with van der Waals surface area (Å²) in [5.74, 6) is -0.390. The molecule has 0 aromatic carbocycles. The molecule has 0 aliphatic heterocycles. The highest BCUT2D eigenvalue weighted by atomic mass is 32.1. The lowest BCUT2D eigenvalue weighted by Crippen LogP contribution is -2.19. The highest BCUT2D eigenvalue weighted by Gasteiger charge is 2.02. The maximum Gasteiger partial charge on any atom is 0.271 e. The van der Waals surface area contributed by atoms with E-state index in [4.69, 9.17) is 12.2 Å². The van der Waals surface area contributed by atoms with Gasteiger partial charge in [-0.25, -0.2) is 5.43 Å². The van der Waals surface area contributed by atoms with Crippen LogP contribution in [0.15, 0.2) is 40.6 Å². The van der Waals surface area contributed by atoms with Crippen LogP contribution in [-0.2, 0) is 0 Å². The second-order valence-electron chi connectivity index (χ2n) is 3.46. The minimum atomic E-state index is -0.390. The number of nitrogens with one attached hydrogen (secondary N) is 3. The summed E-state index contributed by atoms with van der Waals surface area (Å²) < 4.78 is 0.225. The van der Waals surface area contributed by atoms with E-state index in [1.165, 1.54) is 24.8 Å². The first-order chi connectivity index (χ1) is 9.16. The summed E-state index contributed by atoms with van der Waals surface area (Å²) in [7, 11) is 0. The molecular weight excluding hydrogens is 266 g/mol. The van der Waals surface area contributed by atoms with Gasteiger partial charge in [-0.1, -0.05) is 0 Å². The number of H-pyrrole nitrogens is 2. The van der Waals surface area contributed by atoms with Gasteiger partial charge < -0.3 is 4.98 Å². The minimum absolute atomic E-state index is 0.225. The van der Waals surface area contributed by atoms with E-state index < -0.39 is 0 Å². The molecule has 7 nitrogen and oxygen atoms in total. The zero-order chi connectivity index (χ0) is 13.7. The number of nitrogens with zero attached hydrogens (tertiary/aromatic N) is 2. The molecule has 2 heterocycles. The van der Waals surface area contributed by atoms with Crippen LogP contribution < -0.4 is 11.0 Å². The smallest absolute Gasteiger partial charge is 0.271 e. The van der Waals surface area contributed by atoms with Gasteiger partial charge in [-0.05, 0) is 24.4 Å². The molecule has 2 aromatic heterocycles. The van der Waals surface area contributed by atoms with Crippen molar-refractivity contribution in [3.63, 3.8) is 0 Å². The Morgan fingerprint density at radius 3 is 2.84 bits per heavy atom. The topological polar surface area (TPSA) is 103 Å². The van der Waals surface area contributed by atoms with Crippen molar-refractivity contribution in [2.75, 3.05) is 0 Å². The third-order valence-electron chi connectivity index (χ3n) is 2.16. The summed E-state index contributed by atoms with van der Waals surface area (Å²) in [6.45, 7) is 0. The number of hydrazone groups is 1. The lowest BCUT2D eigenvalue weighted by Gasteiger charge is -1.98. The zero-order valence-electron chi connectivity index (χ0n) is 9.58. The summed E-state index contributed by atoms with van der Waals surface area (Å²) in [6.07, 6.45) is 5.63. The molecule has 19 heavy (non-hydrogen) atoms. The van der Waals surface area contributed by atoms with Crippen LogP contribution in [0.1, 0.15) is 15.9 Å². The molecule has 1 amide bonds. The number of hydrogen-bond donors (Lipinski definition) is 3. The summed E-state index contributed by atoms with van der Waals surface area (Å²) in [6, 6.07) is 3.11. The Balaban J connectivity index is 2.06. The highest BCUT2D eigenvalue weighted by Crippen LogP contribution is 1.95. The number of rotatable bonds is 3. The molecular formula is C11H9N5O2S. The zero-order valence-corrected chi connectivity index (χ0v) is 10.4. The lowest BCUT2D eigenvalue weighted by atomic mass is 10.3. The van der Waals surface area contributed by atoms with E-state index in [1.54, 1.807) is 12.1 Å². The fourth-order valence-electron chi connectivity index (χ4n) is 1.24. The van der Waals surface area contributed by atoms with Gasteiger partial charge in [-0.15, -0.1) is 0 Å². The largest absolute Gasteiger partial charge is 0.338 e. The fourth-order valence-corrected chi connectivity index (χ4v) is 1.40. The predicted molar refractivity (Wildman–Crippen MR) is 71.5 cm³/mol. The van der Waals surface area contributed by atoms with Crippen molar-refractivity contribution in [1.82, 2.24) is 20.4 Å². The Kier molecular flexibility index (Phi) is 3.94. The average molecular weight is 275 g/mol. The molecule has 0 radical (unpaired) electrons. The summed E-state index contributed by atoms with van der Waals surface area (Å²) in [5.41, 5.74) is 2.59. The van der Waals surface area contributed by atoms with Gasteiger partial charge in [0.15, 0.2) is 4.77 Å². The highest BCUT2D eigenvalue weighted by molar-refractivity contribution is 7.71. The van der Waals surface area contributed by atoms with Gasteiger partial charge in [0.1, 0.15) is 0 Å². The maximum absolute atomic E-state index is 11.6. The van der Waals surface area contributed by atoms with Crippen LogP contribution in [-0.4, -0.2) is 27.1 Å². The SMILES string of the molecule is O=C(N/N=C\c1c[nH]c(=S)[nH]c1=O)c1ccncc1. The molecule has 2 rings (SSSR count). The Hall–Kier alpha value is -2.61. The Labute approximate surface area is 112 Å². The van der Waals surface area contributed by atoms with E-state index in [9.17, 15) is 9.59 Å². The van der Waals surface area contributed by atoms with Crippen LogP contribution in [0, 0.1) is 4.77 Å². The van der Waals surface area contributed by atoms with Gasteiger partial charge in [0.2, 0.25) is 0 Å². The first-order valence-electron chi connectivity index (χ1n) is 5.22. The Morgan fingerprint density at radius 2 is 2.16 bits per heavy atom. The van der Waals surface area contributed by atoms with Crippen molar-refractivity contribution < 1.29 is 4.79 Å². The van der Waals surface area contributed by atoms with Gasteiger partial charge in [0.25, 0.3) is 11.5 Å². The van der Waals surface area contributed by atoms with Gasteiger partial charge in [-0.3, -0.25) is 19.6 Å². The number of pyridine rings is 1. The molecule has 0 saturated carbocycles. The summed E-state index contributed by atoms with van der Waals surface area (Å²) >= 11 is 4.75. The van der Waals surface area contributed by atoms with Crippen LogP contribution in [0.25, 0.3) is 0 Å². The van der Waals surface area contributed by atoms with Gasteiger partial charge in [0, 0.05) is 24.2 Å². The van der Waals surface area contributed by atoms with Crippen molar-refractivity contribution in [2.45, 2.75) is 0 Å². The van der Waals surface area contributed by atoms with E-state index in [2.05, 4.69) is 25.5 Å². The third kappa shape index (κ3) is 3.42. The summed E-state index contributed by atoms with van der Waals surface area (Å²) in [5, 5.41) is 3.69. The van der Waals surface area contributed by atoms with Crippen molar-refractivity contribution in [3.05, 3.63) is 57.0 Å². The molecule has 0 fully saturated rings. The molecule has 96 valence electrons. The van der Waals surface area contributed by atoms with Crippen LogP contribution in [0.4, 0.5) is 0 Å². The van der Waals surface area contributed by atoms with E-state index in [0.717, 1.165) is 0 Å². The number of hydrogen-bond acceptors (Lipinski definition) is 5. The van der Waals surface area contributed by atoms with Crippen molar-refractivity contribution in [2.24, 2.45) is 5.10 Å². The molecule has 0 aliphatic rings. The van der Waals surface area contributed by atoms with Crippen molar-refractivity contribution in [3.8, 4) is 0 Å². The fraction of sp³-hybridized carbons (Fsp3) is 0. The third-order valence-corrected chi connectivity index (χ3v) is 2.38. The molecule has 3 N–H and O–H groups in total. The second kappa shape index (κ2) is 5.83. The van der Waals surface area contributed by atoms with Crippen LogP contribution >= 0.6 is 12.2 Å². The maximum atomic E-state index is 11.6. The molecule has 0 saturated heterocycles. The van der Waals surface area contributed by atoms with E-state index in [1.807, 2.05) is 0 Å². The lowest BCUT2D eigenvalue weighted by molar-refractivity contribution is 0.0955. The molecule has 0 spiro atoms. The number of carbonyl (C=O) groups is 1. The molecule has 2 aromatic rings. The van der Waals surface area contributed by atoms with Crippen LogP contribution in [0.3, 0.4) is 0 Å². The van der Waals surface area contributed by atoms with Gasteiger partial charge in [-0.2, -0.15) is 5.10 Å². The Bertz CT molecular complexity index is 720. The van der Waals surface area contributed by atoms with E-state index >= 15 is 0 Å². The molecule has 8 heteroatoms.